The van der Waals surface area contributed by atoms with Crippen molar-refractivity contribution in [1.29, 1.82) is 0 Å². The molecule has 26 heavy (non-hydrogen) atoms. The first-order valence-corrected chi connectivity index (χ1v) is 11.6. The van der Waals surface area contributed by atoms with Gasteiger partial charge < -0.3 is 10.1 Å². The first kappa shape index (κ1) is 17.8. The number of carbonyl (C=O) groups is 1. The van der Waals surface area contributed by atoms with E-state index in [0.717, 1.165) is 42.7 Å². The molecule has 0 spiro atoms. The molecule has 1 aromatic carbocycles. The van der Waals surface area contributed by atoms with Crippen molar-refractivity contribution in [3.8, 4) is 5.75 Å². The van der Waals surface area contributed by atoms with Gasteiger partial charge in [0.15, 0.2) is 9.84 Å². The van der Waals surface area contributed by atoms with E-state index in [1.165, 1.54) is 25.5 Å². The lowest BCUT2D eigenvalue weighted by Crippen LogP contribution is -2.51. The molecule has 0 saturated heterocycles. The molecule has 1 amide bonds. The number of carbonyl (C=O) groups excluding carboxylic acids is 1. The van der Waals surface area contributed by atoms with Crippen LogP contribution in [0, 0.1) is 23.2 Å². The molecule has 0 aromatic heterocycles. The van der Waals surface area contributed by atoms with Crippen LogP contribution in [0.15, 0.2) is 24.3 Å². The largest absolute Gasteiger partial charge is 0.492 e. The number of anilines is 1. The third-order valence-electron chi connectivity index (χ3n) is 6.33. The Morgan fingerprint density at radius 3 is 2.35 bits per heavy atom. The second-order valence-corrected chi connectivity index (χ2v) is 10.9. The van der Waals surface area contributed by atoms with E-state index in [1.807, 2.05) is 12.1 Å². The predicted molar refractivity (Wildman–Crippen MR) is 101 cm³/mol. The summed E-state index contributed by atoms with van der Waals surface area (Å²) in [5.41, 5.74) is 0.546. The molecular formula is C20H27NO4S. The summed E-state index contributed by atoms with van der Waals surface area (Å²) in [4.78, 5) is 13.1. The predicted octanol–water partition coefficient (Wildman–Crippen LogP) is 3.26. The molecule has 0 radical (unpaired) electrons. The van der Waals surface area contributed by atoms with Crippen LogP contribution in [0.1, 0.15) is 38.5 Å². The van der Waals surface area contributed by atoms with Gasteiger partial charge in [0.25, 0.3) is 0 Å². The molecule has 5 rings (SSSR count). The summed E-state index contributed by atoms with van der Waals surface area (Å²) < 4.78 is 27.9. The minimum Gasteiger partial charge on any atom is -0.492 e. The van der Waals surface area contributed by atoms with Crippen LogP contribution < -0.4 is 10.1 Å². The second-order valence-electron chi connectivity index (χ2n) is 8.66. The Kier molecular flexibility index (Phi) is 4.49. The van der Waals surface area contributed by atoms with Crippen LogP contribution in [0.2, 0.25) is 0 Å². The fraction of sp³-hybridized carbons (Fsp3) is 0.650. The number of ether oxygens (including phenoxy) is 1. The molecule has 4 fully saturated rings. The lowest BCUT2D eigenvalue weighted by molar-refractivity contribution is -0.140. The van der Waals surface area contributed by atoms with Crippen molar-refractivity contribution in [3.05, 3.63) is 24.3 Å². The van der Waals surface area contributed by atoms with Gasteiger partial charge in [-0.2, -0.15) is 0 Å². The summed E-state index contributed by atoms with van der Waals surface area (Å²) in [6, 6.07) is 7.25. The fourth-order valence-electron chi connectivity index (χ4n) is 5.63. The summed E-state index contributed by atoms with van der Waals surface area (Å²) in [6.45, 7) is 0.116. The molecule has 4 bridgehead atoms. The minimum absolute atomic E-state index is 0.0170. The molecule has 4 aliphatic carbocycles. The van der Waals surface area contributed by atoms with Crippen molar-refractivity contribution in [2.75, 3.05) is 23.9 Å². The lowest BCUT2D eigenvalue weighted by atomic mass is 9.49. The molecule has 0 unspecified atom stereocenters. The van der Waals surface area contributed by atoms with Crippen molar-refractivity contribution in [2.45, 2.75) is 38.5 Å². The maximum absolute atomic E-state index is 13.1. The average Bonchev–Trinajstić information content (AvgIpc) is 2.52. The van der Waals surface area contributed by atoms with Gasteiger partial charge in [-0.05, 0) is 68.4 Å². The monoisotopic (exact) mass is 377 g/mol. The maximum Gasteiger partial charge on any atom is 0.230 e. The van der Waals surface area contributed by atoms with Gasteiger partial charge in [-0.25, -0.2) is 8.42 Å². The Labute approximate surface area is 155 Å². The molecule has 142 valence electrons. The van der Waals surface area contributed by atoms with Crippen LogP contribution in [0.5, 0.6) is 5.75 Å². The zero-order valence-corrected chi connectivity index (χ0v) is 16.1. The minimum atomic E-state index is -3.04. The number of nitrogens with one attached hydrogen (secondary N) is 1. The van der Waals surface area contributed by atoms with Gasteiger partial charge >= 0.3 is 0 Å². The van der Waals surface area contributed by atoms with E-state index in [0.29, 0.717) is 5.75 Å². The van der Waals surface area contributed by atoms with Gasteiger partial charge in [0, 0.05) is 18.0 Å². The highest BCUT2D eigenvalue weighted by molar-refractivity contribution is 7.90. The number of amides is 1. The molecular weight excluding hydrogens is 350 g/mol. The Bertz CT molecular complexity index is 766. The van der Waals surface area contributed by atoms with E-state index in [2.05, 4.69) is 5.32 Å². The van der Waals surface area contributed by atoms with Gasteiger partial charge in [0.05, 0.1) is 11.2 Å². The van der Waals surface area contributed by atoms with Crippen molar-refractivity contribution in [2.24, 2.45) is 23.2 Å². The summed E-state index contributed by atoms with van der Waals surface area (Å²) in [5, 5.41) is 3.11. The van der Waals surface area contributed by atoms with Crippen LogP contribution in [-0.4, -0.2) is 32.9 Å². The normalized spacial score (nSPS) is 32.4. The van der Waals surface area contributed by atoms with Crippen molar-refractivity contribution in [1.82, 2.24) is 0 Å². The van der Waals surface area contributed by atoms with Crippen molar-refractivity contribution >= 4 is 21.4 Å². The Morgan fingerprint density at radius 2 is 1.77 bits per heavy atom. The zero-order valence-electron chi connectivity index (χ0n) is 15.2. The molecule has 4 aliphatic rings. The smallest absolute Gasteiger partial charge is 0.230 e. The molecule has 6 heteroatoms. The second kappa shape index (κ2) is 6.55. The van der Waals surface area contributed by atoms with Crippen LogP contribution in [0.25, 0.3) is 0 Å². The number of hydrogen-bond acceptors (Lipinski definition) is 4. The van der Waals surface area contributed by atoms with Crippen LogP contribution in [0.3, 0.4) is 0 Å². The van der Waals surface area contributed by atoms with Crippen molar-refractivity contribution in [3.63, 3.8) is 0 Å². The number of hydrogen-bond donors (Lipinski definition) is 1. The highest BCUT2D eigenvalue weighted by Gasteiger charge is 2.54. The van der Waals surface area contributed by atoms with E-state index in [-0.39, 0.29) is 23.7 Å². The topological polar surface area (TPSA) is 72.5 Å². The van der Waals surface area contributed by atoms with E-state index in [4.69, 9.17) is 4.74 Å². The molecule has 1 aromatic rings. The van der Waals surface area contributed by atoms with E-state index in [9.17, 15) is 13.2 Å². The molecule has 5 nitrogen and oxygen atoms in total. The van der Waals surface area contributed by atoms with E-state index < -0.39 is 9.84 Å². The number of benzene rings is 1. The standard InChI is InChI=1S/C20H27NO4S/c1-26(23,24)6-5-25-18-4-2-3-17(10-18)21-19(22)20-11-14-7-15(12-20)9-16(8-14)13-20/h2-4,10,14-16H,5-9,11-13H2,1H3,(H,21,22). The van der Waals surface area contributed by atoms with Crippen LogP contribution in [-0.2, 0) is 14.6 Å². The van der Waals surface area contributed by atoms with E-state index in [1.54, 1.807) is 12.1 Å². The van der Waals surface area contributed by atoms with Gasteiger partial charge in [-0.1, -0.05) is 6.07 Å². The fourth-order valence-corrected chi connectivity index (χ4v) is 6.01. The zero-order chi connectivity index (χ0) is 18.4. The van der Waals surface area contributed by atoms with Crippen LogP contribution >= 0.6 is 0 Å². The summed E-state index contributed by atoms with van der Waals surface area (Å²) >= 11 is 0. The molecule has 0 heterocycles. The number of sulfone groups is 1. The molecule has 0 atom stereocenters. The van der Waals surface area contributed by atoms with Gasteiger partial charge in [-0.3, -0.25) is 4.79 Å². The lowest BCUT2D eigenvalue weighted by Gasteiger charge is -2.55. The van der Waals surface area contributed by atoms with Crippen LogP contribution in [0.4, 0.5) is 5.69 Å². The van der Waals surface area contributed by atoms with Crippen molar-refractivity contribution < 1.29 is 17.9 Å². The third kappa shape index (κ3) is 3.75. The first-order chi connectivity index (χ1) is 12.3. The summed E-state index contributed by atoms with van der Waals surface area (Å²) in [5.74, 6) is 2.92. The Morgan fingerprint density at radius 1 is 1.15 bits per heavy atom. The molecule has 4 saturated carbocycles. The highest BCUT2D eigenvalue weighted by Crippen LogP contribution is 2.60. The number of rotatable bonds is 6. The van der Waals surface area contributed by atoms with E-state index >= 15 is 0 Å². The highest BCUT2D eigenvalue weighted by atomic mass is 32.2. The average molecular weight is 378 g/mol. The Balaban J connectivity index is 1.41. The quantitative estimate of drug-likeness (QED) is 0.826. The van der Waals surface area contributed by atoms with Gasteiger partial charge in [0.2, 0.25) is 5.91 Å². The van der Waals surface area contributed by atoms with Gasteiger partial charge in [-0.15, -0.1) is 0 Å². The van der Waals surface area contributed by atoms with Gasteiger partial charge in [0.1, 0.15) is 12.4 Å². The SMILES string of the molecule is CS(=O)(=O)CCOc1cccc(NC(=O)C23CC4CC(CC(C4)C2)C3)c1. The summed E-state index contributed by atoms with van der Waals surface area (Å²) in [7, 11) is -3.04. The molecule has 0 aliphatic heterocycles. The third-order valence-corrected chi connectivity index (χ3v) is 7.24. The first-order valence-electron chi connectivity index (χ1n) is 9.53. The molecule has 1 N–H and O–H groups in total. The Hall–Kier alpha value is -1.56. The summed E-state index contributed by atoms with van der Waals surface area (Å²) in [6.07, 6.45) is 8.25. The maximum atomic E-state index is 13.1.